The number of aromatic nitrogens is 1. The molecule has 4 aromatic rings. The van der Waals surface area contributed by atoms with Crippen LogP contribution in [0.3, 0.4) is 0 Å². The molecule has 3 aromatic carbocycles. The number of aryl methyl sites for hydroxylation is 1. The summed E-state index contributed by atoms with van der Waals surface area (Å²) in [5, 5.41) is 5.90. The summed E-state index contributed by atoms with van der Waals surface area (Å²) in [6, 6.07) is 20.5. The molecule has 0 saturated heterocycles. The zero-order valence-corrected chi connectivity index (χ0v) is 17.8. The van der Waals surface area contributed by atoms with E-state index in [1.165, 1.54) is 0 Å². The summed E-state index contributed by atoms with van der Waals surface area (Å²) in [7, 11) is 0. The minimum atomic E-state index is -0.276. The Kier molecular flexibility index (Phi) is 5.42. The average molecular weight is 466 g/mol. The minimum Gasteiger partial charge on any atom is -0.436 e. The lowest BCUT2D eigenvalue weighted by Gasteiger charge is -2.10. The molecule has 1 aromatic heterocycles. The molecule has 1 amide bonds. The number of carbonyl (C=O) groups is 1. The van der Waals surface area contributed by atoms with Crippen LogP contribution in [0.4, 0.5) is 5.69 Å². The van der Waals surface area contributed by atoms with Gasteiger partial charge in [-0.05, 0) is 79.3 Å². The molecule has 5 nitrogen and oxygen atoms in total. The molecule has 0 bridgehead atoms. The van der Waals surface area contributed by atoms with Crippen LogP contribution in [0.1, 0.15) is 15.9 Å². The Morgan fingerprint density at radius 1 is 1.07 bits per heavy atom. The molecule has 0 aliphatic heterocycles. The molecule has 0 radical (unpaired) electrons. The van der Waals surface area contributed by atoms with Gasteiger partial charge in [0, 0.05) is 21.3 Å². The maximum Gasteiger partial charge on any atom is 0.257 e. The second-order valence-corrected chi connectivity index (χ2v) is 7.81. The van der Waals surface area contributed by atoms with Gasteiger partial charge in [-0.2, -0.15) is 0 Å². The van der Waals surface area contributed by atoms with Crippen LogP contribution in [-0.4, -0.2) is 16.0 Å². The minimum absolute atomic E-state index is 0.222. The van der Waals surface area contributed by atoms with Crippen LogP contribution < -0.4 is 10.6 Å². The van der Waals surface area contributed by atoms with Gasteiger partial charge in [0.1, 0.15) is 5.52 Å². The number of oxazole rings is 1. The van der Waals surface area contributed by atoms with E-state index in [4.69, 9.17) is 16.6 Å². The molecule has 0 saturated carbocycles. The van der Waals surface area contributed by atoms with Gasteiger partial charge < -0.3 is 9.73 Å². The van der Waals surface area contributed by atoms with E-state index >= 15 is 0 Å². The first-order valence-electron chi connectivity index (χ1n) is 8.83. The molecule has 29 heavy (non-hydrogen) atoms. The zero-order valence-electron chi connectivity index (χ0n) is 15.4. The molecule has 0 spiro atoms. The topological polar surface area (TPSA) is 67.2 Å². The predicted octanol–water partition coefficient (Wildman–Crippen LogP) is 5.69. The van der Waals surface area contributed by atoms with E-state index in [-0.39, 0.29) is 11.0 Å². The lowest BCUT2D eigenvalue weighted by molar-refractivity contribution is 0.0977. The van der Waals surface area contributed by atoms with E-state index in [2.05, 4.69) is 31.5 Å². The Labute approximate surface area is 181 Å². The predicted molar refractivity (Wildman–Crippen MR) is 122 cm³/mol. The Morgan fingerprint density at radius 3 is 2.62 bits per heavy atom. The standard InChI is InChI=1S/C22H16BrN3O2S/c1-13-5-10-19-18(11-13)25-21(28-19)14-6-8-17(9-7-14)24-22(29)26-20(27)15-3-2-4-16(23)12-15/h2-12H,1H3,(H2,24,26,27,29). The van der Waals surface area contributed by atoms with Crippen molar-refractivity contribution in [1.29, 1.82) is 0 Å². The fraction of sp³-hybridized carbons (Fsp3) is 0.0455. The largest absolute Gasteiger partial charge is 0.436 e. The Bertz CT molecular complexity index is 1220. The van der Waals surface area contributed by atoms with Gasteiger partial charge in [-0.25, -0.2) is 4.98 Å². The number of hydrogen-bond donors (Lipinski definition) is 2. The van der Waals surface area contributed by atoms with Crippen LogP contribution >= 0.6 is 28.1 Å². The summed E-state index contributed by atoms with van der Waals surface area (Å²) in [6.07, 6.45) is 0. The van der Waals surface area contributed by atoms with E-state index in [0.717, 1.165) is 32.4 Å². The molecular formula is C22H16BrN3O2S. The van der Waals surface area contributed by atoms with Crippen molar-refractivity contribution < 1.29 is 9.21 Å². The van der Waals surface area contributed by atoms with Gasteiger partial charge in [-0.1, -0.05) is 28.1 Å². The average Bonchev–Trinajstić information content (AvgIpc) is 3.11. The van der Waals surface area contributed by atoms with Crippen molar-refractivity contribution in [3.8, 4) is 11.5 Å². The number of carbonyl (C=O) groups excluding carboxylic acids is 1. The number of thiocarbonyl (C=S) groups is 1. The van der Waals surface area contributed by atoms with Crippen molar-refractivity contribution in [3.63, 3.8) is 0 Å². The number of halogens is 1. The smallest absolute Gasteiger partial charge is 0.257 e. The van der Waals surface area contributed by atoms with Crippen molar-refractivity contribution in [3.05, 3.63) is 82.3 Å². The highest BCUT2D eigenvalue weighted by atomic mass is 79.9. The summed E-state index contributed by atoms with van der Waals surface area (Å²) < 4.78 is 6.65. The number of hydrogen-bond acceptors (Lipinski definition) is 4. The second-order valence-electron chi connectivity index (χ2n) is 6.49. The highest BCUT2D eigenvalue weighted by Crippen LogP contribution is 2.26. The van der Waals surface area contributed by atoms with Crippen molar-refractivity contribution in [2.45, 2.75) is 6.92 Å². The zero-order chi connectivity index (χ0) is 20.4. The lowest BCUT2D eigenvalue weighted by Crippen LogP contribution is -2.34. The second kappa shape index (κ2) is 8.14. The first-order valence-corrected chi connectivity index (χ1v) is 10.0. The summed E-state index contributed by atoms with van der Waals surface area (Å²) >= 11 is 8.59. The molecule has 0 unspecified atom stereocenters. The van der Waals surface area contributed by atoms with E-state index in [1.54, 1.807) is 18.2 Å². The van der Waals surface area contributed by atoms with Gasteiger partial charge in [0.2, 0.25) is 5.89 Å². The van der Waals surface area contributed by atoms with Crippen molar-refractivity contribution in [1.82, 2.24) is 10.3 Å². The molecule has 7 heteroatoms. The van der Waals surface area contributed by atoms with Gasteiger partial charge in [0.25, 0.3) is 5.91 Å². The van der Waals surface area contributed by atoms with Crippen LogP contribution in [-0.2, 0) is 0 Å². The van der Waals surface area contributed by atoms with Gasteiger partial charge in [-0.15, -0.1) is 0 Å². The summed E-state index contributed by atoms with van der Waals surface area (Å²) in [4.78, 5) is 16.8. The van der Waals surface area contributed by atoms with Gasteiger partial charge >= 0.3 is 0 Å². The van der Waals surface area contributed by atoms with E-state index in [1.807, 2.05) is 55.5 Å². The number of anilines is 1. The monoisotopic (exact) mass is 465 g/mol. The van der Waals surface area contributed by atoms with Gasteiger partial charge in [0.05, 0.1) is 0 Å². The fourth-order valence-electron chi connectivity index (χ4n) is 2.82. The molecule has 4 rings (SSSR count). The Balaban J connectivity index is 1.43. The maximum atomic E-state index is 12.3. The molecular weight excluding hydrogens is 450 g/mol. The van der Waals surface area contributed by atoms with Crippen molar-refractivity contribution >= 4 is 56.0 Å². The first-order chi connectivity index (χ1) is 14.0. The van der Waals surface area contributed by atoms with Crippen molar-refractivity contribution in [2.24, 2.45) is 0 Å². The molecule has 144 valence electrons. The van der Waals surface area contributed by atoms with E-state index in [0.29, 0.717) is 11.5 Å². The first kappa shape index (κ1) is 19.3. The Hall–Kier alpha value is -3.03. The molecule has 0 atom stereocenters. The SMILES string of the molecule is Cc1ccc2oc(-c3ccc(NC(=S)NC(=O)c4cccc(Br)c4)cc3)nc2c1. The van der Waals surface area contributed by atoms with Crippen LogP contribution in [0, 0.1) is 6.92 Å². The van der Waals surface area contributed by atoms with Crippen molar-refractivity contribution in [2.75, 3.05) is 5.32 Å². The van der Waals surface area contributed by atoms with Crippen LogP contribution in [0.2, 0.25) is 0 Å². The molecule has 2 N–H and O–H groups in total. The summed E-state index contributed by atoms with van der Waals surface area (Å²) in [6.45, 7) is 2.02. The number of rotatable bonds is 3. The number of benzene rings is 3. The van der Waals surface area contributed by atoms with E-state index in [9.17, 15) is 4.79 Å². The number of nitrogens with one attached hydrogen (secondary N) is 2. The summed E-state index contributed by atoms with van der Waals surface area (Å²) in [5.74, 6) is 0.282. The lowest BCUT2D eigenvalue weighted by atomic mass is 10.2. The number of fused-ring (bicyclic) bond motifs is 1. The van der Waals surface area contributed by atoms with Crippen LogP contribution in [0.25, 0.3) is 22.6 Å². The molecule has 0 aliphatic rings. The van der Waals surface area contributed by atoms with Crippen LogP contribution in [0.5, 0.6) is 0 Å². The van der Waals surface area contributed by atoms with Gasteiger partial charge in [-0.3, -0.25) is 10.1 Å². The third kappa shape index (κ3) is 4.52. The maximum absolute atomic E-state index is 12.3. The van der Waals surface area contributed by atoms with E-state index < -0.39 is 0 Å². The summed E-state index contributed by atoms with van der Waals surface area (Å²) in [5.41, 5.74) is 4.84. The Morgan fingerprint density at radius 2 is 1.86 bits per heavy atom. The molecule has 1 heterocycles. The quantitative estimate of drug-likeness (QED) is 0.380. The highest BCUT2D eigenvalue weighted by Gasteiger charge is 2.10. The fourth-order valence-corrected chi connectivity index (χ4v) is 3.43. The third-order valence-corrected chi connectivity index (χ3v) is 4.94. The number of amides is 1. The molecule has 0 fully saturated rings. The normalized spacial score (nSPS) is 10.7. The number of nitrogens with zero attached hydrogens (tertiary/aromatic N) is 1. The highest BCUT2D eigenvalue weighted by molar-refractivity contribution is 9.10. The van der Waals surface area contributed by atoms with Gasteiger partial charge in [0.15, 0.2) is 10.7 Å². The van der Waals surface area contributed by atoms with Crippen LogP contribution in [0.15, 0.2) is 75.6 Å². The molecule has 0 aliphatic carbocycles. The third-order valence-electron chi connectivity index (χ3n) is 4.25.